The molecule has 1 unspecified atom stereocenters. The van der Waals surface area contributed by atoms with E-state index >= 15 is 0 Å². The Morgan fingerprint density at radius 2 is 1.96 bits per heavy atom. The molecule has 0 saturated carbocycles. The van der Waals surface area contributed by atoms with Crippen LogP contribution in [-0.2, 0) is 0 Å². The van der Waals surface area contributed by atoms with Crippen LogP contribution in [0, 0.1) is 0 Å². The average Bonchev–Trinajstić information content (AvgIpc) is 3.18. The van der Waals surface area contributed by atoms with Crippen LogP contribution >= 0.6 is 0 Å². The number of nitrogens with one attached hydrogen (secondary N) is 2. The number of hydrogen-bond acceptors (Lipinski definition) is 4. The van der Waals surface area contributed by atoms with Crippen LogP contribution < -0.4 is 15.4 Å². The van der Waals surface area contributed by atoms with Crippen molar-refractivity contribution in [2.45, 2.75) is 25.3 Å². The SMILES string of the molecule is CN=C(NCCCN(C)C)NCC(c1ccccc1OC)N1CCCC1. The summed E-state index contributed by atoms with van der Waals surface area (Å²) in [4.78, 5) is 9.11. The van der Waals surface area contributed by atoms with Gasteiger partial charge in [0.25, 0.3) is 0 Å². The molecule has 0 bridgehead atoms. The van der Waals surface area contributed by atoms with Gasteiger partial charge in [0, 0.05) is 25.7 Å². The predicted octanol–water partition coefficient (Wildman–Crippen LogP) is 1.95. The fraction of sp³-hybridized carbons (Fsp3) is 0.650. The van der Waals surface area contributed by atoms with Crippen LogP contribution in [0.25, 0.3) is 0 Å². The Labute approximate surface area is 158 Å². The molecule has 2 N–H and O–H groups in total. The maximum Gasteiger partial charge on any atom is 0.191 e. The number of likely N-dealkylation sites (tertiary alicyclic amines) is 1. The molecule has 0 aliphatic carbocycles. The molecule has 1 heterocycles. The second kappa shape index (κ2) is 11.0. The van der Waals surface area contributed by atoms with Gasteiger partial charge in [-0.15, -0.1) is 0 Å². The minimum absolute atomic E-state index is 0.286. The Kier molecular flexibility index (Phi) is 8.71. The molecule has 0 spiro atoms. The fourth-order valence-corrected chi connectivity index (χ4v) is 3.45. The van der Waals surface area contributed by atoms with E-state index in [9.17, 15) is 0 Å². The van der Waals surface area contributed by atoms with Gasteiger partial charge >= 0.3 is 0 Å². The van der Waals surface area contributed by atoms with Gasteiger partial charge < -0.3 is 20.3 Å². The van der Waals surface area contributed by atoms with Crippen molar-refractivity contribution in [1.29, 1.82) is 0 Å². The normalized spacial score (nSPS) is 16.7. The molecule has 0 radical (unpaired) electrons. The second-order valence-electron chi connectivity index (χ2n) is 7.04. The van der Waals surface area contributed by atoms with E-state index in [2.05, 4.69) is 51.7 Å². The average molecular weight is 362 g/mol. The first kappa shape index (κ1) is 20.5. The van der Waals surface area contributed by atoms with E-state index in [0.29, 0.717) is 0 Å². The smallest absolute Gasteiger partial charge is 0.191 e. The van der Waals surface area contributed by atoms with Crippen molar-refractivity contribution in [2.24, 2.45) is 4.99 Å². The number of para-hydroxylation sites is 1. The van der Waals surface area contributed by atoms with Gasteiger partial charge in [-0.1, -0.05) is 18.2 Å². The maximum absolute atomic E-state index is 5.62. The summed E-state index contributed by atoms with van der Waals surface area (Å²) in [5.41, 5.74) is 1.24. The zero-order valence-corrected chi connectivity index (χ0v) is 16.8. The standard InChI is InChI=1S/C20H35N5O/c1-21-20(22-12-9-13-24(2)3)23-16-18(25-14-7-8-15-25)17-10-5-6-11-19(17)26-4/h5-6,10-11,18H,7-9,12-16H2,1-4H3,(H2,21,22,23). The van der Waals surface area contributed by atoms with Gasteiger partial charge in [-0.3, -0.25) is 9.89 Å². The molecule has 1 aliphatic rings. The summed E-state index contributed by atoms with van der Waals surface area (Å²) >= 11 is 0. The number of nitrogens with zero attached hydrogens (tertiary/aromatic N) is 3. The van der Waals surface area contributed by atoms with Gasteiger partial charge in [-0.2, -0.15) is 0 Å². The summed E-state index contributed by atoms with van der Waals surface area (Å²) in [6.45, 7) is 5.08. The molecule has 1 aromatic rings. The Morgan fingerprint density at radius 3 is 2.62 bits per heavy atom. The molecule has 1 aliphatic heterocycles. The Bertz CT molecular complexity index is 555. The third kappa shape index (κ3) is 6.18. The molecule has 1 atom stereocenters. The molecule has 26 heavy (non-hydrogen) atoms. The van der Waals surface area contributed by atoms with Gasteiger partial charge in [0.15, 0.2) is 5.96 Å². The predicted molar refractivity (Wildman–Crippen MR) is 109 cm³/mol. The number of guanidine groups is 1. The quantitative estimate of drug-likeness (QED) is 0.400. The van der Waals surface area contributed by atoms with Crippen molar-refractivity contribution in [2.75, 3.05) is 61.0 Å². The fourth-order valence-electron chi connectivity index (χ4n) is 3.45. The van der Waals surface area contributed by atoms with Crippen LogP contribution in [0.15, 0.2) is 29.3 Å². The van der Waals surface area contributed by atoms with Crippen molar-refractivity contribution in [3.63, 3.8) is 0 Å². The van der Waals surface area contributed by atoms with Gasteiger partial charge in [0.05, 0.1) is 13.2 Å². The zero-order valence-electron chi connectivity index (χ0n) is 16.8. The van der Waals surface area contributed by atoms with Crippen LogP contribution in [0.5, 0.6) is 5.75 Å². The molecule has 1 saturated heterocycles. The molecule has 1 fully saturated rings. The van der Waals surface area contributed by atoms with Gasteiger partial charge in [0.1, 0.15) is 5.75 Å². The van der Waals surface area contributed by atoms with Crippen molar-refractivity contribution < 1.29 is 4.74 Å². The number of hydrogen-bond donors (Lipinski definition) is 2. The number of ether oxygens (including phenoxy) is 1. The van der Waals surface area contributed by atoms with Gasteiger partial charge in [0.2, 0.25) is 0 Å². The van der Waals surface area contributed by atoms with Crippen LogP contribution in [0.2, 0.25) is 0 Å². The summed E-state index contributed by atoms with van der Waals surface area (Å²) in [6.07, 6.45) is 3.63. The van der Waals surface area contributed by atoms with Crippen molar-refractivity contribution >= 4 is 5.96 Å². The highest BCUT2D eigenvalue weighted by Crippen LogP contribution is 2.31. The molecule has 1 aromatic carbocycles. The lowest BCUT2D eigenvalue weighted by atomic mass is 10.0. The molecule has 146 valence electrons. The molecule has 2 rings (SSSR count). The molecule has 0 amide bonds. The molecule has 6 heteroatoms. The number of benzene rings is 1. The Morgan fingerprint density at radius 1 is 1.23 bits per heavy atom. The minimum atomic E-state index is 0.286. The highest BCUT2D eigenvalue weighted by atomic mass is 16.5. The summed E-state index contributed by atoms with van der Waals surface area (Å²) < 4.78 is 5.62. The third-order valence-electron chi connectivity index (χ3n) is 4.84. The van der Waals surface area contributed by atoms with E-state index in [1.807, 2.05) is 19.2 Å². The Balaban J connectivity index is 1.98. The van der Waals surface area contributed by atoms with Crippen molar-refractivity contribution in [1.82, 2.24) is 20.4 Å². The van der Waals surface area contributed by atoms with Crippen LogP contribution in [0.1, 0.15) is 30.9 Å². The first-order chi connectivity index (χ1) is 12.7. The monoisotopic (exact) mass is 361 g/mol. The van der Waals surface area contributed by atoms with Crippen LogP contribution in [0.3, 0.4) is 0 Å². The zero-order chi connectivity index (χ0) is 18.8. The van der Waals surface area contributed by atoms with E-state index in [1.165, 1.54) is 18.4 Å². The van der Waals surface area contributed by atoms with Crippen LogP contribution in [0.4, 0.5) is 0 Å². The van der Waals surface area contributed by atoms with Gasteiger partial charge in [-0.25, -0.2) is 0 Å². The Hall–Kier alpha value is -1.79. The number of aliphatic imine (C=N–C) groups is 1. The first-order valence-corrected chi connectivity index (χ1v) is 9.62. The lowest BCUT2D eigenvalue weighted by Crippen LogP contribution is -2.43. The van der Waals surface area contributed by atoms with Crippen molar-refractivity contribution in [3.05, 3.63) is 29.8 Å². The van der Waals surface area contributed by atoms with E-state index in [0.717, 1.165) is 50.9 Å². The summed E-state index contributed by atoms with van der Waals surface area (Å²) in [7, 11) is 7.77. The lowest BCUT2D eigenvalue weighted by molar-refractivity contribution is 0.239. The van der Waals surface area contributed by atoms with E-state index in [-0.39, 0.29) is 6.04 Å². The topological polar surface area (TPSA) is 52.1 Å². The highest BCUT2D eigenvalue weighted by Gasteiger charge is 2.25. The third-order valence-corrected chi connectivity index (χ3v) is 4.84. The molecular formula is C20H35N5O. The second-order valence-corrected chi connectivity index (χ2v) is 7.04. The van der Waals surface area contributed by atoms with Crippen molar-refractivity contribution in [3.8, 4) is 5.75 Å². The summed E-state index contributed by atoms with van der Waals surface area (Å²) in [5.74, 6) is 1.82. The van der Waals surface area contributed by atoms with E-state index in [4.69, 9.17) is 4.74 Å². The number of rotatable bonds is 9. The number of methoxy groups -OCH3 is 1. The van der Waals surface area contributed by atoms with Crippen LogP contribution in [-0.4, -0.2) is 76.7 Å². The molecular weight excluding hydrogens is 326 g/mol. The first-order valence-electron chi connectivity index (χ1n) is 9.62. The summed E-state index contributed by atoms with van der Waals surface area (Å²) in [6, 6.07) is 8.63. The summed E-state index contributed by atoms with van der Waals surface area (Å²) in [5, 5.41) is 6.93. The largest absolute Gasteiger partial charge is 0.496 e. The molecule has 6 nitrogen and oxygen atoms in total. The van der Waals surface area contributed by atoms with E-state index < -0.39 is 0 Å². The minimum Gasteiger partial charge on any atom is -0.496 e. The maximum atomic E-state index is 5.62. The van der Waals surface area contributed by atoms with E-state index in [1.54, 1.807) is 7.11 Å². The van der Waals surface area contributed by atoms with Gasteiger partial charge in [-0.05, 0) is 59.1 Å². The molecule has 0 aromatic heterocycles. The highest BCUT2D eigenvalue weighted by molar-refractivity contribution is 5.79. The lowest BCUT2D eigenvalue weighted by Gasteiger charge is -2.30.